The Morgan fingerprint density at radius 1 is 0.889 bits per heavy atom. The molecule has 0 saturated heterocycles. The highest BCUT2D eigenvalue weighted by atomic mass is 35.5. The summed E-state index contributed by atoms with van der Waals surface area (Å²) < 4.78 is 20.8. The van der Waals surface area contributed by atoms with Gasteiger partial charge in [0.1, 0.15) is 5.00 Å². The van der Waals surface area contributed by atoms with Crippen molar-refractivity contribution in [2.45, 2.75) is 6.92 Å². The number of carbonyl (C=O) groups is 3. The average molecular weight is 553 g/mol. The largest absolute Gasteiger partial charge is 0.493 e. The fraction of sp³-hybridized carbons (Fsp3) is 0.208. The van der Waals surface area contributed by atoms with Gasteiger partial charge in [-0.1, -0.05) is 29.3 Å². The van der Waals surface area contributed by atoms with Gasteiger partial charge in [0, 0.05) is 5.56 Å². The Balaban J connectivity index is 1.99. The van der Waals surface area contributed by atoms with Crippen LogP contribution in [-0.2, 0) is 4.74 Å². The SMILES string of the molecule is COC(=O)c1c(NC(=O)c2cc(OC)c(OC)c(OC)c2)sc(C(=O)Nc2cccc(Cl)c2Cl)c1C. The molecule has 190 valence electrons. The van der Waals surface area contributed by atoms with Crippen LogP contribution < -0.4 is 24.8 Å². The first-order valence-electron chi connectivity index (χ1n) is 10.2. The molecule has 36 heavy (non-hydrogen) atoms. The zero-order valence-electron chi connectivity index (χ0n) is 19.9. The lowest BCUT2D eigenvalue weighted by Gasteiger charge is -2.14. The number of halogens is 2. The molecule has 0 aliphatic heterocycles. The van der Waals surface area contributed by atoms with E-state index in [2.05, 4.69) is 10.6 Å². The van der Waals surface area contributed by atoms with E-state index in [9.17, 15) is 14.4 Å². The molecule has 0 atom stereocenters. The van der Waals surface area contributed by atoms with Crippen molar-refractivity contribution in [2.24, 2.45) is 0 Å². The number of esters is 1. The molecule has 3 aromatic rings. The molecule has 1 aromatic heterocycles. The molecule has 12 heteroatoms. The Bertz CT molecular complexity index is 1320. The van der Waals surface area contributed by atoms with E-state index in [4.69, 9.17) is 42.1 Å². The molecule has 0 radical (unpaired) electrons. The first-order chi connectivity index (χ1) is 17.2. The topological polar surface area (TPSA) is 112 Å². The molecular weight excluding hydrogens is 531 g/mol. The number of benzene rings is 2. The maximum atomic E-state index is 13.1. The van der Waals surface area contributed by atoms with Gasteiger partial charge in [-0.25, -0.2) is 4.79 Å². The molecule has 0 saturated carbocycles. The predicted molar refractivity (Wildman–Crippen MR) is 139 cm³/mol. The van der Waals surface area contributed by atoms with Gasteiger partial charge in [0.05, 0.1) is 54.6 Å². The van der Waals surface area contributed by atoms with Crippen LogP contribution in [-0.4, -0.2) is 46.2 Å². The first kappa shape index (κ1) is 27.1. The van der Waals surface area contributed by atoms with Crippen molar-refractivity contribution >= 4 is 63.0 Å². The van der Waals surface area contributed by atoms with E-state index >= 15 is 0 Å². The van der Waals surface area contributed by atoms with E-state index in [0.29, 0.717) is 17.0 Å². The molecule has 2 aromatic carbocycles. The number of ether oxygens (including phenoxy) is 4. The minimum absolute atomic E-state index is 0.0469. The molecule has 0 aliphatic rings. The quantitative estimate of drug-likeness (QED) is 0.345. The van der Waals surface area contributed by atoms with Crippen molar-refractivity contribution in [3.8, 4) is 17.2 Å². The Morgan fingerprint density at radius 2 is 1.53 bits per heavy atom. The van der Waals surface area contributed by atoms with Crippen LogP contribution in [0.3, 0.4) is 0 Å². The van der Waals surface area contributed by atoms with E-state index in [-0.39, 0.29) is 42.5 Å². The number of anilines is 2. The van der Waals surface area contributed by atoms with Gasteiger partial charge in [-0.05, 0) is 36.8 Å². The summed E-state index contributed by atoms with van der Waals surface area (Å²) in [6.07, 6.45) is 0. The van der Waals surface area contributed by atoms with Crippen molar-refractivity contribution in [3.63, 3.8) is 0 Å². The Hall–Kier alpha value is -3.47. The Morgan fingerprint density at radius 3 is 2.08 bits per heavy atom. The van der Waals surface area contributed by atoms with Gasteiger partial charge >= 0.3 is 5.97 Å². The smallest absolute Gasteiger partial charge is 0.341 e. The standard InChI is InChI=1S/C24H22Cl2N2O7S/c1-11-17(24(31)35-5)23(36-20(11)22(30)27-14-8-6-7-13(25)18(14)26)28-21(29)12-9-15(32-2)19(34-4)16(10-12)33-3/h6-10H,1-5H3,(H,27,30)(H,28,29). The fourth-order valence-corrected chi connectivity index (χ4v) is 4.77. The summed E-state index contributed by atoms with van der Waals surface area (Å²) in [5.74, 6) is -0.973. The van der Waals surface area contributed by atoms with Gasteiger partial charge in [0.2, 0.25) is 5.75 Å². The summed E-state index contributed by atoms with van der Waals surface area (Å²) in [4.78, 5) is 38.9. The third kappa shape index (κ3) is 5.35. The monoisotopic (exact) mass is 552 g/mol. The van der Waals surface area contributed by atoms with Gasteiger partial charge < -0.3 is 29.6 Å². The first-order valence-corrected chi connectivity index (χ1v) is 11.8. The van der Waals surface area contributed by atoms with Crippen molar-refractivity contribution in [1.29, 1.82) is 0 Å². The molecule has 9 nitrogen and oxygen atoms in total. The van der Waals surface area contributed by atoms with E-state index in [1.807, 2.05) is 0 Å². The van der Waals surface area contributed by atoms with Crippen LogP contribution in [0.2, 0.25) is 10.0 Å². The third-order valence-corrected chi connectivity index (χ3v) is 7.12. The van der Waals surface area contributed by atoms with Crippen LogP contribution in [0, 0.1) is 6.92 Å². The number of carbonyl (C=O) groups excluding carboxylic acids is 3. The molecule has 1 heterocycles. The minimum Gasteiger partial charge on any atom is -0.493 e. The summed E-state index contributed by atoms with van der Waals surface area (Å²) in [5.41, 5.74) is 0.834. The molecule has 0 fully saturated rings. The number of hydrogen-bond donors (Lipinski definition) is 2. The molecule has 2 amide bonds. The molecule has 2 N–H and O–H groups in total. The summed E-state index contributed by atoms with van der Waals surface area (Å²) in [5, 5.41) is 5.93. The van der Waals surface area contributed by atoms with Crippen molar-refractivity contribution in [1.82, 2.24) is 0 Å². The average Bonchev–Trinajstić information content (AvgIpc) is 3.20. The molecule has 0 bridgehead atoms. The molecule has 0 aliphatic carbocycles. The second kappa shape index (κ2) is 11.5. The van der Waals surface area contributed by atoms with Crippen molar-refractivity contribution in [2.75, 3.05) is 39.1 Å². The Kier molecular flexibility index (Phi) is 8.67. The second-order valence-electron chi connectivity index (χ2n) is 7.18. The van der Waals surface area contributed by atoms with Crippen LogP contribution in [0.5, 0.6) is 17.2 Å². The van der Waals surface area contributed by atoms with E-state index in [0.717, 1.165) is 11.3 Å². The number of rotatable bonds is 8. The van der Waals surface area contributed by atoms with Crippen LogP contribution >= 0.6 is 34.5 Å². The molecule has 0 spiro atoms. The van der Waals surface area contributed by atoms with Crippen molar-refractivity contribution in [3.05, 3.63) is 61.9 Å². The highest BCUT2D eigenvalue weighted by molar-refractivity contribution is 7.19. The second-order valence-corrected chi connectivity index (χ2v) is 8.98. The molecular formula is C24H22Cl2N2O7S. The predicted octanol–water partition coefficient (Wildman–Crippen LogP) is 5.68. The van der Waals surface area contributed by atoms with Crippen LogP contribution in [0.15, 0.2) is 30.3 Å². The number of methoxy groups -OCH3 is 4. The van der Waals surface area contributed by atoms with E-state index in [1.54, 1.807) is 25.1 Å². The number of hydrogen-bond acceptors (Lipinski definition) is 8. The maximum Gasteiger partial charge on any atom is 0.341 e. The molecule has 3 rings (SSSR count). The molecule has 0 unspecified atom stereocenters. The Labute approximate surface area is 221 Å². The fourth-order valence-electron chi connectivity index (χ4n) is 3.33. The summed E-state index contributed by atoms with van der Waals surface area (Å²) in [6, 6.07) is 7.73. The lowest BCUT2D eigenvalue weighted by Crippen LogP contribution is -2.15. The number of thiophene rings is 1. The highest BCUT2D eigenvalue weighted by Crippen LogP contribution is 2.39. The van der Waals surface area contributed by atoms with Crippen LogP contribution in [0.4, 0.5) is 10.7 Å². The van der Waals surface area contributed by atoms with Gasteiger partial charge in [-0.2, -0.15) is 0 Å². The summed E-state index contributed by atoms with van der Waals surface area (Å²) in [7, 11) is 5.50. The summed E-state index contributed by atoms with van der Waals surface area (Å²) >= 11 is 13.1. The number of nitrogens with one attached hydrogen (secondary N) is 2. The zero-order chi connectivity index (χ0) is 26.6. The summed E-state index contributed by atoms with van der Waals surface area (Å²) in [6.45, 7) is 1.58. The minimum atomic E-state index is -0.719. The van der Waals surface area contributed by atoms with Crippen LogP contribution in [0.25, 0.3) is 0 Å². The van der Waals surface area contributed by atoms with E-state index in [1.165, 1.54) is 40.6 Å². The normalized spacial score (nSPS) is 10.4. The highest BCUT2D eigenvalue weighted by Gasteiger charge is 2.27. The van der Waals surface area contributed by atoms with Crippen LogP contribution in [0.1, 0.15) is 36.0 Å². The van der Waals surface area contributed by atoms with Gasteiger partial charge in [0.15, 0.2) is 11.5 Å². The van der Waals surface area contributed by atoms with Crippen molar-refractivity contribution < 1.29 is 33.3 Å². The van der Waals surface area contributed by atoms with Gasteiger partial charge in [-0.3, -0.25) is 9.59 Å². The maximum absolute atomic E-state index is 13.1. The zero-order valence-corrected chi connectivity index (χ0v) is 22.2. The third-order valence-electron chi connectivity index (χ3n) is 5.10. The lowest BCUT2D eigenvalue weighted by molar-refractivity contribution is 0.0601. The van der Waals surface area contributed by atoms with Gasteiger partial charge in [0.25, 0.3) is 11.8 Å². The van der Waals surface area contributed by atoms with E-state index < -0.39 is 17.8 Å². The number of amides is 2. The van der Waals surface area contributed by atoms with Gasteiger partial charge in [-0.15, -0.1) is 11.3 Å². The lowest BCUT2D eigenvalue weighted by atomic mass is 10.1.